The van der Waals surface area contributed by atoms with Crippen LogP contribution in [0.2, 0.25) is 5.02 Å². The van der Waals surface area contributed by atoms with Crippen LogP contribution >= 0.6 is 11.6 Å². The highest BCUT2D eigenvalue weighted by Gasteiger charge is 2.41. The van der Waals surface area contributed by atoms with E-state index < -0.39 is 11.9 Å². The van der Waals surface area contributed by atoms with Crippen molar-refractivity contribution in [1.82, 2.24) is 4.90 Å². The van der Waals surface area contributed by atoms with E-state index in [-0.39, 0.29) is 17.9 Å². The van der Waals surface area contributed by atoms with Gasteiger partial charge in [-0.25, -0.2) is 0 Å². The maximum absolute atomic E-state index is 12.7. The number of rotatable bonds is 2. The van der Waals surface area contributed by atoms with E-state index in [0.29, 0.717) is 31.0 Å². The predicted octanol–water partition coefficient (Wildman–Crippen LogP) is 2.21. The lowest BCUT2D eigenvalue weighted by atomic mass is 9.95. The average molecular weight is 324 g/mol. The van der Waals surface area contributed by atoms with Gasteiger partial charge in [0.1, 0.15) is 12.4 Å². The van der Waals surface area contributed by atoms with Crippen LogP contribution < -0.4 is 4.74 Å². The number of fused-ring (bicyclic) bond motifs is 1. The van der Waals surface area contributed by atoms with Gasteiger partial charge in [-0.05, 0) is 43.5 Å². The second-order valence-corrected chi connectivity index (χ2v) is 6.41. The molecule has 0 spiro atoms. The number of nitrogens with zero attached hydrogens (tertiary/aromatic N) is 1. The van der Waals surface area contributed by atoms with Gasteiger partial charge in [0.15, 0.2) is 0 Å². The molecule has 0 saturated carbocycles. The SMILES string of the molecule is CC1C(C(=O)O)CCN1C(=O)C1COc2ccc(Cl)cc2C1. The smallest absolute Gasteiger partial charge is 0.308 e. The van der Waals surface area contributed by atoms with Crippen LogP contribution in [-0.4, -0.2) is 41.1 Å². The number of carboxylic acid groups (broad SMARTS) is 1. The van der Waals surface area contributed by atoms with E-state index in [2.05, 4.69) is 0 Å². The molecule has 1 fully saturated rings. The van der Waals surface area contributed by atoms with Crippen molar-refractivity contribution in [3.05, 3.63) is 28.8 Å². The normalized spacial score (nSPS) is 27.2. The molecule has 3 rings (SSSR count). The molecular formula is C16H18ClNO4. The van der Waals surface area contributed by atoms with Gasteiger partial charge in [-0.1, -0.05) is 11.6 Å². The summed E-state index contributed by atoms with van der Waals surface area (Å²) in [6.45, 7) is 2.63. The number of halogens is 1. The number of ether oxygens (including phenoxy) is 1. The van der Waals surface area contributed by atoms with Crippen molar-refractivity contribution in [3.8, 4) is 5.75 Å². The minimum absolute atomic E-state index is 0.0260. The van der Waals surface area contributed by atoms with E-state index >= 15 is 0 Å². The molecule has 118 valence electrons. The number of carbonyl (C=O) groups is 2. The predicted molar refractivity (Wildman–Crippen MR) is 81.1 cm³/mol. The molecule has 2 aliphatic heterocycles. The summed E-state index contributed by atoms with van der Waals surface area (Å²) < 4.78 is 5.66. The largest absolute Gasteiger partial charge is 0.492 e. The van der Waals surface area contributed by atoms with Gasteiger partial charge < -0.3 is 14.7 Å². The number of amides is 1. The highest BCUT2D eigenvalue weighted by atomic mass is 35.5. The van der Waals surface area contributed by atoms with Crippen LogP contribution in [-0.2, 0) is 16.0 Å². The van der Waals surface area contributed by atoms with Gasteiger partial charge in [-0.15, -0.1) is 0 Å². The van der Waals surface area contributed by atoms with Crippen LogP contribution in [0, 0.1) is 11.8 Å². The molecule has 0 aliphatic carbocycles. The Morgan fingerprint density at radius 2 is 2.18 bits per heavy atom. The third-order valence-electron chi connectivity index (χ3n) is 4.63. The maximum Gasteiger partial charge on any atom is 0.308 e. The van der Waals surface area contributed by atoms with Crippen LogP contribution in [0.25, 0.3) is 0 Å². The third kappa shape index (κ3) is 2.65. The number of carbonyl (C=O) groups excluding carboxylic acids is 1. The van der Waals surface area contributed by atoms with Crippen molar-refractivity contribution in [2.75, 3.05) is 13.2 Å². The fraction of sp³-hybridized carbons (Fsp3) is 0.500. The first-order valence-electron chi connectivity index (χ1n) is 7.42. The average Bonchev–Trinajstić information content (AvgIpc) is 2.87. The zero-order chi connectivity index (χ0) is 15.9. The Hall–Kier alpha value is -1.75. The zero-order valence-corrected chi connectivity index (χ0v) is 13.0. The molecular weight excluding hydrogens is 306 g/mol. The summed E-state index contributed by atoms with van der Waals surface area (Å²) in [6.07, 6.45) is 1.09. The first kappa shape index (κ1) is 15.2. The Labute approximate surface area is 133 Å². The lowest BCUT2D eigenvalue weighted by Gasteiger charge is -2.31. The molecule has 1 N–H and O–H groups in total. The highest BCUT2D eigenvalue weighted by Crippen LogP contribution is 2.32. The summed E-state index contributed by atoms with van der Waals surface area (Å²) in [5.41, 5.74) is 0.929. The van der Waals surface area contributed by atoms with E-state index in [1.165, 1.54) is 0 Å². The molecule has 3 atom stereocenters. The second kappa shape index (κ2) is 5.80. The Kier molecular flexibility index (Phi) is 4.00. The Balaban J connectivity index is 1.73. The molecule has 2 heterocycles. The van der Waals surface area contributed by atoms with Gasteiger partial charge in [0.25, 0.3) is 0 Å². The maximum atomic E-state index is 12.7. The van der Waals surface area contributed by atoms with Crippen LogP contribution in [0.3, 0.4) is 0 Å². The van der Waals surface area contributed by atoms with Gasteiger partial charge >= 0.3 is 5.97 Å². The van der Waals surface area contributed by atoms with Gasteiger partial charge in [0, 0.05) is 17.6 Å². The number of aliphatic carboxylic acids is 1. The molecule has 2 aliphatic rings. The van der Waals surface area contributed by atoms with Crippen molar-refractivity contribution in [3.63, 3.8) is 0 Å². The Morgan fingerprint density at radius 1 is 1.41 bits per heavy atom. The van der Waals surface area contributed by atoms with Crippen LogP contribution in [0.1, 0.15) is 18.9 Å². The van der Waals surface area contributed by atoms with E-state index in [9.17, 15) is 14.7 Å². The first-order valence-corrected chi connectivity index (χ1v) is 7.79. The molecule has 6 heteroatoms. The fourth-order valence-electron chi connectivity index (χ4n) is 3.34. The molecule has 5 nitrogen and oxygen atoms in total. The topological polar surface area (TPSA) is 66.8 Å². The Bertz CT molecular complexity index is 618. The van der Waals surface area contributed by atoms with E-state index in [1.807, 2.05) is 12.1 Å². The van der Waals surface area contributed by atoms with Gasteiger partial charge in [-0.2, -0.15) is 0 Å². The van der Waals surface area contributed by atoms with Crippen molar-refractivity contribution < 1.29 is 19.4 Å². The molecule has 0 bridgehead atoms. The molecule has 3 unspecified atom stereocenters. The number of hydrogen-bond acceptors (Lipinski definition) is 3. The molecule has 1 aromatic carbocycles. The quantitative estimate of drug-likeness (QED) is 0.906. The van der Waals surface area contributed by atoms with Crippen LogP contribution in [0.5, 0.6) is 5.75 Å². The minimum atomic E-state index is -0.833. The third-order valence-corrected chi connectivity index (χ3v) is 4.87. The number of carboxylic acids is 1. The van der Waals surface area contributed by atoms with Crippen LogP contribution in [0.4, 0.5) is 0 Å². The summed E-state index contributed by atoms with van der Waals surface area (Å²) >= 11 is 5.99. The van der Waals surface area contributed by atoms with E-state index in [0.717, 1.165) is 11.3 Å². The molecule has 0 aromatic heterocycles. The number of likely N-dealkylation sites (tertiary alicyclic amines) is 1. The minimum Gasteiger partial charge on any atom is -0.492 e. The first-order chi connectivity index (χ1) is 10.5. The van der Waals surface area contributed by atoms with Crippen LogP contribution in [0.15, 0.2) is 18.2 Å². The summed E-state index contributed by atoms with van der Waals surface area (Å²) in [6, 6.07) is 5.13. The number of hydrogen-bond donors (Lipinski definition) is 1. The summed E-state index contributed by atoms with van der Waals surface area (Å²) in [4.78, 5) is 25.6. The number of benzene rings is 1. The van der Waals surface area contributed by atoms with Crippen molar-refractivity contribution >= 4 is 23.5 Å². The van der Waals surface area contributed by atoms with Gasteiger partial charge in [0.2, 0.25) is 5.91 Å². The standard InChI is InChI=1S/C16H18ClNO4/c1-9-13(16(20)21)4-5-18(9)15(19)11-6-10-7-12(17)2-3-14(10)22-8-11/h2-3,7,9,11,13H,4-6,8H2,1H3,(H,20,21). The molecule has 0 radical (unpaired) electrons. The lowest BCUT2D eigenvalue weighted by Crippen LogP contribution is -2.44. The van der Waals surface area contributed by atoms with Gasteiger partial charge in [0.05, 0.1) is 11.8 Å². The van der Waals surface area contributed by atoms with E-state index in [4.69, 9.17) is 16.3 Å². The second-order valence-electron chi connectivity index (χ2n) is 5.97. The van der Waals surface area contributed by atoms with E-state index in [1.54, 1.807) is 17.9 Å². The molecule has 1 saturated heterocycles. The highest BCUT2D eigenvalue weighted by molar-refractivity contribution is 6.30. The van der Waals surface area contributed by atoms with Crippen molar-refractivity contribution in [1.29, 1.82) is 0 Å². The lowest BCUT2D eigenvalue weighted by molar-refractivity contribution is -0.143. The molecule has 1 aromatic rings. The zero-order valence-electron chi connectivity index (χ0n) is 12.3. The van der Waals surface area contributed by atoms with Crippen molar-refractivity contribution in [2.24, 2.45) is 11.8 Å². The summed E-state index contributed by atoms with van der Waals surface area (Å²) in [5, 5.41) is 9.80. The molecule has 1 amide bonds. The van der Waals surface area contributed by atoms with Crippen molar-refractivity contribution in [2.45, 2.75) is 25.8 Å². The summed E-state index contributed by atoms with van der Waals surface area (Å²) in [7, 11) is 0. The van der Waals surface area contributed by atoms with Gasteiger partial charge in [-0.3, -0.25) is 9.59 Å². The molecule has 22 heavy (non-hydrogen) atoms. The monoisotopic (exact) mass is 323 g/mol. The summed E-state index contributed by atoms with van der Waals surface area (Å²) in [5.74, 6) is -0.843. The Morgan fingerprint density at radius 3 is 2.86 bits per heavy atom. The fourth-order valence-corrected chi connectivity index (χ4v) is 3.53.